The minimum Gasteiger partial charge on any atom is -0.349 e. The summed E-state index contributed by atoms with van der Waals surface area (Å²) < 4.78 is 27.4. The van der Waals surface area contributed by atoms with Gasteiger partial charge in [0.25, 0.3) is 11.8 Å². The van der Waals surface area contributed by atoms with Crippen LogP contribution in [0.1, 0.15) is 58.4 Å². The van der Waals surface area contributed by atoms with E-state index in [1.54, 1.807) is 60.7 Å². The average Bonchev–Trinajstić information content (AvgIpc) is 2.99. The van der Waals surface area contributed by atoms with Crippen LogP contribution in [0.3, 0.4) is 0 Å². The Labute approximate surface area is 236 Å². The van der Waals surface area contributed by atoms with E-state index < -0.39 is 10.0 Å². The number of nitrogens with zero attached hydrogens (tertiary/aromatic N) is 2. The van der Waals surface area contributed by atoms with Gasteiger partial charge in [-0.25, -0.2) is 8.42 Å². The molecule has 1 aliphatic heterocycles. The van der Waals surface area contributed by atoms with Crippen LogP contribution in [0, 0.1) is 0 Å². The minimum absolute atomic E-state index is 0.162. The summed E-state index contributed by atoms with van der Waals surface area (Å²) in [7, 11) is -3.50. The monoisotopic (exact) mass is 560 g/mol. The van der Waals surface area contributed by atoms with Gasteiger partial charge in [-0.05, 0) is 54.8 Å². The van der Waals surface area contributed by atoms with E-state index in [-0.39, 0.29) is 17.9 Å². The van der Waals surface area contributed by atoms with Gasteiger partial charge in [-0.3, -0.25) is 14.5 Å². The SMILES string of the molecule is O=C(Nc1ccccc1C(=O)NC1CCCCC1)c1cccc(CN2CCN(S(=O)(=O)c3ccccc3)CC2)c1. The third-order valence-corrected chi connectivity index (χ3v) is 9.58. The van der Waals surface area contributed by atoms with Gasteiger partial charge < -0.3 is 10.6 Å². The van der Waals surface area contributed by atoms with Crippen LogP contribution in [-0.4, -0.2) is 61.7 Å². The van der Waals surface area contributed by atoms with E-state index in [0.29, 0.717) is 54.4 Å². The Morgan fingerprint density at radius 3 is 2.23 bits per heavy atom. The summed E-state index contributed by atoms with van der Waals surface area (Å²) in [6.07, 6.45) is 5.45. The summed E-state index contributed by atoms with van der Waals surface area (Å²) in [5.74, 6) is -0.441. The van der Waals surface area contributed by atoms with E-state index in [1.807, 2.05) is 18.2 Å². The molecule has 0 bridgehead atoms. The van der Waals surface area contributed by atoms with Gasteiger partial charge in [-0.15, -0.1) is 0 Å². The van der Waals surface area contributed by atoms with Crippen molar-refractivity contribution in [2.24, 2.45) is 0 Å². The van der Waals surface area contributed by atoms with Crippen LogP contribution in [0.4, 0.5) is 5.69 Å². The summed E-state index contributed by atoms with van der Waals surface area (Å²) in [5, 5.41) is 6.05. The Bertz CT molecular complexity index is 1430. The zero-order valence-electron chi connectivity index (χ0n) is 22.6. The van der Waals surface area contributed by atoms with Gasteiger partial charge >= 0.3 is 0 Å². The molecule has 3 aromatic carbocycles. The molecule has 8 nitrogen and oxygen atoms in total. The Morgan fingerprint density at radius 1 is 0.775 bits per heavy atom. The summed E-state index contributed by atoms with van der Waals surface area (Å²) in [4.78, 5) is 28.7. The maximum Gasteiger partial charge on any atom is 0.255 e. The number of sulfonamides is 1. The molecule has 2 fully saturated rings. The molecule has 1 saturated heterocycles. The minimum atomic E-state index is -3.50. The first-order chi connectivity index (χ1) is 19.4. The molecule has 9 heteroatoms. The van der Waals surface area contributed by atoms with Gasteiger partial charge in [0.05, 0.1) is 16.1 Å². The number of carbonyl (C=O) groups excluding carboxylic acids is 2. The Morgan fingerprint density at radius 2 is 1.48 bits per heavy atom. The van der Waals surface area contributed by atoms with Gasteiger partial charge in [0.2, 0.25) is 10.0 Å². The molecule has 0 atom stereocenters. The molecule has 40 heavy (non-hydrogen) atoms. The Kier molecular flexibility index (Phi) is 8.94. The van der Waals surface area contributed by atoms with E-state index in [0.717, 1.165) is 31.2 Å². The van der Waals surface area contributed by atoms with Crippen molar-refractivity contribution in [1.82, 2.24) is 14.5 Å². The lowest BCUT2D eigenvalue weighted by Crippen LogP contribution is -2.48. The number of para-hydroxylation sites is 1. The molecule has 0 spiro atoms. The fraction of sp³-hybridized carbons (Fsp3) is 0.355. The zero-order valence-corrected chi connectivity index (χ0v) is 23.4. The first kappa shape index (κ1) is 28.0. The van der Waals surface area contributed by atoms with Gasteiger partial charge in [0.1, 0.15) is 0 Å². The second-order valence-corrected chi connectivity index (χ2v) is 12.4. The number of anilines is 1. The standard InChI is InChI=1S/C31H36N4O4S/c36-30(33-29-17-8-7-16-28(29)31(37)32-26-12-3-1-4-13-26)25-11-9-10-24(22-25)23-34-18-20-35(21-19-34)40(38,39)27-14-5-2-6-15-27/h2,5-11,14-17,22,26H,1,3-4,12-13,18-21,23H2,(H,32,37)(H,33,36). The summed E-state index contributed by atoms with van der Waals surface area (Å²) in [6.45, 7) is 2.65. The van der Waals surface area contributed by atoms with Crippen LogP contribution in [0.5, 0.6) is 0 Å². The highest BCUT2D eigenvalue weighted by atomic mass is 32.2. The molecule has 2 aliphatic rings. The summed E-state index contributed by atoms with van der Waals surface area (Å²) >= 11 is 0. The van der Waals surface area contributed by atoms with Crippen LogP contribution >= 0.6 is 0 Å². The largest absolute Gasteiger partial charge is 0.349 e. The molecule has 0 unspecified atom stereocenters. The third-order valence-electron chi connectivity index (χ3n) is 7.67. The number of hydrogen-bond acceptors (Lipinski definition) is 5. The molecule has 2 N–H and O–H groups in total. The van der Waals surface area contributed by atoms with E-state index in [4.69, 9.17) is 0 Å². The lowest BCUT2D eigenvalue weighted by atomic mass is 9.95. The molecule has 3 aromatic rings. The van der Waals surface area contributed by atoms with E-state index in [2.05, 4.69) is 15.5 Å². The molecule has 0 aromatic heterocycles. The fourth-order valence-electron chi connectivity index (χ4n) is 5.43. The van der Waals surface area contributed by atoms with Crippen molar-refractivity contribution in [2.75, 3.05) is 31.5 Å². The van der Waals surface area contributed by atoms with Crippen LogP contribution in [-0.2, 0) is 16.6 Å². The highest BCUT2D eigenvalue weighted by Gasteiger charge is 2.28. The highest BCUT2D eigenvalue weighted by molar-refractivity contribution is 7.89. The predicted molar refractivity (Wildman–Crippen MR) is 156 cm³/mol. The highest BCUT2D eigenvalue weighted by Crippen LogP contribution is 2.22. The topological polar surface area (TPSA) is 98.8 Å². The number of nitrogens with one attached hydrogen (secondary N) is 2. The van der Waals surface area contributed by atoms with Crippen molar-refractivity contribution < 1.29 is 18.0 Å². The van der Waals surface area contributed by atoms with Gasteiger partial charge in [0.15, 0.2) is 0 Å². The van der Waals surface area contributed by atoms with E-state index in [1.165, 1.54) is 10.7 Å². The number of rotatable bonds is 8. The molecule has 5 rings (SSSR count). The maximum absolute atomic E-state index is 13.2. The number of hydrogen-bond donors (Lipinski definition) is 2. The van der Waals surface area contributed by atoms with Crippen molar-refractivity contribution in [3.8, 4) is 0 Å². The molecule has 210 valence electrons. The third kappa shape index (κ3) is 6.78. The van der Waals surface area contributed by atoms with E-state index in [9.17, 15) is 18.0 Å². The van der Waals surface area contributed by atoms with E-state index >= 15 is 0 Å². The van der Waals surface area contributed by atoms with Crippen LogP contribution in [0.2, 0.25) is 0 Å². The Balaban J connectivity index is 1.19. The van der Waals surface area contributed by atoms with Gasteiger partial charge in [-0.2, -0.15) is 4.31 Å². The zero-order chi connectivity index (χ0) is 28.0. The maximum atomic E-state index is 13.2. The normalized spacial score (nSPS) is 17.3. The lowest BCUT2D eigenvalue weighted by Gasteiger charge is -2.34. The molecular formula is C31H36N4O4S. The van der Waals surface area contributed by atoms with Crippen molar-refractivity contribution in [3.63, 3.8) is 0 Å². The van der Waals surface area contributed by atoms with Gasteiger partial charge in [0, 0.05) is 44.3 Å². The van der Waals surface area contributed by atoms with Crippen LogP contribution in [0.15, 0.2) is 83.8 Å². The van der Waals surface area contributed by atoms with Crippen LogP contribution in [0.25, 0.3) is 0 Å². The summed E-state index contributed by atoms with van der Waals surface area (Å²) in [5.41, 5.74) is 2.42. The van der Waals surface area contributed by atoms with Crippen molar-refractivity contribution in [3.05, 3.63) is 95.6 Å². The van der Waals surface area contributed by atoms with Crippen molar-refractivity contribution >= 4 is 27.5 Å². The molecule has 1 aliphatic carbocycles. The first-order valence-corrected chi connectivity index (χ1v) is 15.4. The second kappa shape index (κ2) is 12.8. The molecule has 1 saturated carbocycles. The smallest absolute Gasteiger partial charge is 0.255 e. The predicted octanol–water partition coefficient (Wildman–Crippen LogP) is 4.51. The number of piperazine rings is 1. The van der Waals surface area contributed by atoms with Crippen LogP contribution < -0.4 is 10.6 Å². The quantitative estimate of drug-likeness (QED) is 0.423. The number of carbonyl (C=O) groups is 2. The fourth-order valence-corrected chi connectivity index (χ4v) is 6.88. The molecule has 0 radical (unpaired) electrons. The second-order valence-electron chi connectivity index (χ2n) is 10.5. The molecular weight excluding hydrogens is 524 g/mol. The van der Waals surface area contributed by atoms with Gasteiger partial charge in [-0.1, -0.05) is 61.7 Å². The summed E-state index contributed by atoms with van der Waals surface area (Å²) in [6, 6.07) is 23.2. The number of amides is 2. The first-order valence-electron chi connectivity index (χ1n) is 14.0. The lowest BCUT2D eigenvalue weighted by molar-refractivity contribution is 0.0928. The van der Waals surface area contributed by atoms with Crippen molar-refractivity contribution in [2.45, 2.75) is 49.6 Å². The average molecular weight is 561 g/mol. The van der Waals surface area contributed by atoms with Crippen molar-refractivity contribution in [1.29, 1.82) is 0 Å². The molecule has 1 heterocycles. The molecule has 2 amide bonds. The number of benzene rings is 3. The Hall–Kier alpha value is -3.53.